The van der Waals surface area contributed by atoms with Crippen molar-refractivity contribution < 1.29 is 27.5 Å². The minimum absolute atomic E-state index is 0.00990. The molecule has 2 aliphatic carbocycles. The molecule has 1 aliphatic heterocycles. The van der Waals surface area contributed by atoms with Crippen molar-refractivity contribution >= 4 is 21.8 Å². The molecule has 3 N–H and O–H groups in total. The number of allylic oxidation sites excluding steroid dienone is 6. The molecule has 0 aromatic heterocycles. The number of nitrogens with one attached hydrogen (secondary N) is 2. The summed E-state index contributed by atoms with van der Waals surface area (Å²) in [6, 6.07) is -0.391. The molecular formula is C25H36FN3O5S. The quantitative estimate of drug-likeness (QED) is 0.435. The second-order valence-corrected chi connectivity index (χ2v) is 12.0. The second kappa shape index (κ2) is 10.7. The van der Waals surface area contributed by atoms with Crippen LogP contribution in [0.1, 0.15) is 59.3 Å². The van der Waals surface area contributed by atoms with Crippen LogP contribution >= 0.6 is 0 Å². The lowest BCUT2D eigenvalue weighted by atomic mass is 9.81. The Kier molecular flexibility index (Phi) is 8.26. The lowest BCUT2D eigenvalue weighted by molar-refractivity contribution is -0.118. The van der Waals surface area contributed by atoms with Crippen molar-refractivity contribution in [3.05, 3.63) is 46.2 Å². The molecule has 35 heavy (non-hydrogen) atoms. The smallest absolute Gasteiger partial charge is 0.317 e. The van der Waals surface area contributed by atoms with Crippen molar-refractivity contribution in [1.82, 2.24) is 15.5 Å². The average molecular weight is 510 g/mol. The second-order valence-electron chi connectivity index (χ2n) is 9.64. The van der Waals surface area contributed by atoms with Crippen molar-refractivity contribution in [3.8, 4) is 0 Å². The van der Waals surface area contributed by atoms with Crippen LogP contribution in [-0.2, 0) is 14.6 Å². The van der Waals surface area contributed by atoms with Crippen molar-refractivity contribution in [2.24, 2.45) is 0 Å². The standard InChI is InChI=1S/C25H36FN3O5S/c1-4-24(3,32)19-5-7-20(8-6-19)25(35(33,34)22-11-9-21(26)10-12-22)13-16-29(17-25)23(31)28-15-14-27-18(2)30/h5,7,9,11,32H,4,6,8,10,12-17H2,1-3H3,(H,27,30)(H,28,31). The molecule has 0 aromatic carbocycles. The van der Waals surface area contributed by atoms with Crippen LogP contribution in [0.25, 0.3) is 0 Å². The van der Waals surface area contributed by atoms with E-state index in [1.54, 1.807) is 13.0 Å². The van der Waals surface area contributed by atoms with E-state index in [-0.39, 0.29) is 62.1 Å². The van der Waals surface area contributed by atoms with Crippen molar-refractivity contribution in [2.75, 3.05) is 26.2 Å². The zero-order valence-corrected chi connectivity index (χ0v) is 21.5. The summed E-state index contributed by atoms with van der Waals surface area (Å²) in [6.45, 7) is 5.78. The maximum Gasteiger partial charge on any atom is 0.317 e. The maximum atomic E-state index is 14.0. The minimum Gasteiger partial charge on any atom is -0.386 e. The highest BCUT2D eigenvalue weighted by molar-refractivity contribution is 7.96. The van der Waals surface area contributed by atoms with Crippen LogP contribution in [-0.4, -0.2) is 66.9 Å². The highest BCUT2D eigenvalue weighted by Crippen LogP contribution is 2.46. The first-order valence-corrected chi connectivity index (χ1v) is 13.6. The number of carbonyl (C=O) groups excluding carboxylic acids is 2. The normalized spacial score (nSPS) is 24.5. The molecule has 0 saturated carbocycles. The van der Waals surface area contributed by atoms with E-state index in [4.69, 9.17) is 0 Å². The van der Waals surface area contributed by atoms with Gasteiger partial charge in [-0.3, -0.25) is 4.79 Å². The van der Waals surface area contributed by atoms with E-state index in [1.807, 2.05) is 13.0 Å². The molecule has 3 aliphatic rings. The van der Waals surface area contributed by atoms with Crippen molar-refractivity contribution in [1.29, 1.82) is 0 Å². The number of urea groups is 1. The molecule has 10 heteroatoms. The third-order valence-electron chi connectivity index (χ3n) is 7.33. The fraction of sp³-hybridized carbons (Fsp3) is 0.600. The summed E-state index contributed by atoms with van der Waals surface area (Å²) in [5.74, 6) is -0.550. The molecule has 3 rings (SSSR count). The number of likely N-dealkylation sites (tertiary alicyclic amines) is 1. The lowest BCUT2D eigenvalue weighted by Crippen LogP contribution is -2.48. The van der Waals surface area contributed by atoms with Crippen LogP contribution < -0.4 is 10.6 Å². The van der Waals surface area contributed by atoms with Gasteiger partial charge in [-0.1, -0.05) is 19.1 Å². The summed E-state index contributed by atoms with van der Waals surface area (Å²) in [6.07, 6.45) is 8.04. The monoisotopic (exact) mass is 509 g/mol. The molecule has 0 radical (unpaired) electrons. The summed E-state index contributed by atoms with van der Waals surface area (Å²) >= 11 is 0. The fourth-order valence-electron chi connectivity index (χ4n) is 4.89. The number of amides is 3. The van der Waals surface area contributed by atoms with E-state index in [0.717, 1.165) is 5.57 Å². The van der Waals surface area contributed by atoms with E-state index >= 15 is 0 Å². The zero-order valence-electron chi connectivity index (χ0n) is 20.7. The largest absolute Gasteiger partial charge is 0.386 e. The molecule has 0 bridgehead atoms. The third-order valence-corrected chi connectivity index (χ3v) is 9.98. The molecule has 2 atom stereocenters. The molecular weight excluding hydrogens is 473 g/mol. The van der Waals surface area contributed by atoms with Gasteiger partial charge >= 0.3 is 6.03 Å². The van der Waals surface area contributed by atoms with Gasteiger partial charge < -0.3 is 20.6 Å². The molecule has 0 spiro atoms. The molecule has 1 saturated heterocycles. The van der Waals surface area contributed by atoms with Gasteiger partial charge in [-0.05, 0) is 62.3 Å². The highest BCUT2D eigenvalue weighted by Gasteiger charge is 2.54. The first-order valence-electron chi connectivity index (χ1n) is 12.1. The lowest BCUT2D eigenvalue weighted by Gasteiger charge is -2.36. The first-order chi connectivity index (χ1) is 16.4. The number of rotatable bonds is 8. The zero-order chi connectivity index (χ0) is 25.9. The molecule has 0 aromatic rings. The first kappa shape index (κ1) is 27.1. The number of carbonyl (C=O) groups is 2. The van der Waals surface area contributed by atoms with Gasteiger partial charge in [-0.15, -0.1) is 0 Å². The van der Waals surface area contributed by atoms with Crippen LogP contribution in [0.5, 0.6) is 0 Å². The molecule has 2 unspecified atom stereocenters. The Morgan fingerprint density at radius 3 is 2.40 bits per heavy atom. The van der Waals surface area contributed by atoms with Gasteiger partial charge in [0.15, 0.2) is 9.84 Å². The maximum absolute atomic E-state index is 14.0. The summed E-state index contributed by atoms with van der Waals surface area (Å²) in [7, 11) is -3.90. The van der Waals surface area contributed by atoms with E-state index < -0.39 is 26.2 Å². The van der Waals surface area contributed by atoms with E-state index in [1.165, 1.54) is 24.0 Å². The Morgan fingerprint density at radius 2 is 1.83 bits per heavy atom. The van der Waals surface area contributed by atoms with Gasteiger partial charge in [0.05, 0.1) is 5.60 Å². The number of hydrogen-bond acceptors (Lipinski definition) is 5. The third kappa shape index (κ3) is 5.69. The van der Waals surface area contributed by atoms with Gasteiger partial charge in [-0.25, -0.2) is 17.6 Å². The van der Waals surface area contributed by atoms with Crippen LogP contribution in [0.15, 0.2) is 46.2 Å². The van der Waals surface area contributed by atoms with Crippen LogP contribution in [0, 0.1) is 0 Å². The Labute approximate surface area is 206 Å². The average Bonchev–Trinajstić information content (AvgIpc) is 3.29. The SMILES string of the molecule is CCC(C)(O)C1=CC=C(C2(S(=O)(=O)C3=CC=C(F)CC3)CCN(C(=O)NCCNC(C)=O)C2)CC1. The topological polar surface area (TPSA) is 116 Å². The van der Waals surface area contributed by atoms with Crippen molar-refractivity contribution in [3.63, 3.8) is 0 Å². The molecule has 194 valence electrons. The predicted octanol–water partition coefficient (Wildman–Crippen LogP) is 3.03. The van der Waals surface area contributed by atoms with Gasteiger partial charge in [0, 0.05) is 44.4 Å². The Bertz CT molecular complexity index is 1090. The van der Waals surface area contributed by atoms with Crippen LogP contribution in [0.3, 0.4) is 0 Å². The van der Waals surface area contributed by atoms with Gasteiger partial charge in [0.2, 0.25) is 5.91 Å². The van der Waals surface area contributed by atoms with E-state index in [0.29, 0.717) is 24.8 Å². The number of aliphatic hydroxyl groups is 1. The van der Waals surface area contributed by atoms with Crippen LogP contribution in [0.4, 0.5) is 9.18 Å². The van der Waals surface area contributed by atoms with Gasteiger partial charge in [0.25, 0.3) is 0 Å². The fourth-order valence-corrected chi connectivity index (χ4v) is 7.21. The highest BCUT2D eigenvalue weighted by atomic mass is 32.2. The molecule has 3 amide bonds. The predicted molar refractivity (Wildman–Crippen MR) is 133 cm³/mol. The van der Waals surface area contributed by atoms with Gasteiger partial charge in [-0.2, -0.15) is 0 Å². The number of nitrogens with zero attached hydrogens (tertiary/aromatic N) is 1. The van der Waals surface area contributed by atoms with E-state index in [9.17, 15) is 27.5 Å². The molecule has 8 nitrogen and oxygen atoms in total. The Balaban J connectivity index is 1.92. The Hall–Kier alpha value is -2.46. The molecule has 1 fully saturated rings. The Morgan fingerprint density at radius 1 is 1.11 bits per heavy atom. The summed E-state index contributed by atoms with van der Waals surface area (Å²) in [5.41, 5.74) is 0.596. The molecule has 1 heterocycles. The summed E-state index contributed by atoms with van der Waals surface area (Å²) in [4.78, 5) is 25.5. The summed E-state index contributed by atoms with van der Waals surface area (Å²) in [5, 5.41) is 16.0. The number of halogens is 1. The van der Waals surface area contributed by atoms with Crippen molar-refractivity contribution in [2.45, 2.75) is 69.6 Å². The summed E-state index contributed by atoms with van der Waals surface area (Å²) < 4.78 is 40.3. The minimum atomic E-state index is -3.90. The number of sulfone groups is 1. The number of hydrogen-bond donors (Lipinski definition) is 3. The van der Waals surface area contributed by atoms with Gasteiger partial charge in [0.1, 0.15) is 10.6 Å². The van der Waals surface area contributed by atoms with Crippen LogP contribution in [0.2, 0.25) is 0 Å². The van der Waals surface area contributed by atoms with E-state index in [2.05, 4.69) is 10.6 Å².